The van der Waals surface area contributed by atoms with Crippen LogP contribution in [0.15, 0.2) is 0 Å². The molecule has 0 aromatic heterocycles. The second-order valence-corrected chi connectivity index (χ2v) is 4.00. The van der Waals surface area contributed by atoms with Crippen molar-refractivity contribution in [3.8, 4) is 0 Å². The van der Waals surface area contributed by atoms with Gasteiger partial charge in [-0.2, -0.15) is 0 Å². The van der Waals surface area contributed by atoms with Crippen molar-refractivity contribution in [2.75, 3.05) is 0 Å². The summed E-state index contributed by atoms with van der Waals surface area (Å²) in [5.74, 6) is 1.96. The van der Waals surface area contributed by atoms with Crippen LogP contribution < -0.4 is 0 Å². The Labute approximate surface area is 65.0 Å². The molecule has 60 valence electrons. The molecule has 0 saturated heterocycles. The summed E-state index contributed by atoms with van der Waals surface area (Å²) in [6, 6.07) is 0. The maximum atomic E-state index is 2.41. The SMILES string of the molecule is CCC(C)C1(CC)CC1C. The first-order valence-corrected chi connectivity index (χ1v) is 4.67. The van der Waals surface area contributed by atoms with E-state index in [9.17, 15) is 0 Å². The lowest BCUT2D eigenvalue weighted by Crippen LogP contribution is -2.12. The molecule has 0 spiro atoms. The second-order valence-electron chi connectivity index (χ2n) is 4.00. The van der Waals surface area contributed by atoms with E-state index < -0.39 is 0 Å². The van der Waals surface area contributed by atoms with Gasteiger partial charge in [-0.25, -0.2) is 0 Å². The zero-order valence-corrected chi connectivity index (χ0v) is 7.78. The molecule has 0 aromatic carbocycles. The van der Waals surface area contributed by atoms with E-state index in [1.807, 2.05) is 0 Å². The lowest BCUT2D eigenvalue weighted by Gasteiger charge is -2.21. The summed E-state index contributed by atoms with van der Waals surface area (Å²) in [5.41, 5.74) is 0.759. The minimum Gasteiger partial charge on any atom is -0.0651 e. The molecule has 0 aliphatic heterocycles. The number of hydrogen-bond acceptors (Lipinski definition) is 0. The van der Waals surface area contributed by atoms with Crippen molar-refractivity contribution in [2.45, 2.75) is 47.0 Å². The lowest BCUT2D eigenvalue weighted by atomic mass is 9.84. The first-order valence-electron chi connectivity index (χ1n) is 4.67. The molecular formula is C10H20. The molecule has 0 heteroatoms. The summed E-state index contributed by atoms with van der Waals surface area (Å²) in [7, 11) is 0. The van der Waals surface area contributed by atoms with Gasteiger partial charge in [-0.3, -0.25) is 0 Å². The summed E-state index contributed by atoms with van der Waals surface area (Å²) >= 11 is 0. The second kappa shape index (κ2) is 2.56. The van der Waals surface area contributed by atoms with Gasteiger partial charge in [0, 0.05) is 0 Å². The van der Waals surface area contributed by atoms with E-state index in [0.29, 0.717) is 0 Å². The molecule has 1 fully saturated rings. The Morgan fingerprint density at radius 2 is 2.00 bits per heavy atom. The number of hydrogen-bond donors (Lipinski definition) is 0. The molecule has 1 saturated carbocycles. The van der Waals surface area contributed by atoms with E-state index in [2.05, 4.69) is 27.7 Å². The van der Waals surface area contributed by atoms with Gasteiger partial charge in [-0.1, -0.05) is 34.1 Å². The fourth-order valence-electron chi connectivity index (χ4n) is 2.45. The highest BCUT2D eigenvalue weighted by Crippen LogP contribution is 2.60. The average Bonchev–Trinajstić information content (AvgIpc) is 2.61. The van der Waals surface area contributed by atoms with Crippen LogP contribution >= 0.6 is 0 Å². The Balaban J connectivity index is 2.51. The van der Waals surface area contributed by atoms with Crippen LogP contribution in [0, 0.1) is 17.3 Å². The van der Waals surface area contributed by atoms with Gasteiger partial charge in [-0.05, 0) is 30.1 Å². The van der Waals surface area contributed by atoms with Gasteiger partial charge in [-0.15, -0.1) is 0 Å². The Hall–Kier alpha value is 0. The zero-order valence-electron chi connectivity index (χ0n) is 7.78. The van der Waals surface area contributed by atoms with Gasteiger partial charge < -0.3 is 0 Å². The first kappa shape index (κ1) is 8.10. The Kier molecular flexibility index (Phi) is 2.07. The van der Waals surface area contributed by atoms with Crippen LogP contribution in [0.3, 0.4) is 0 Å². The topological polar surface area (TPSA) is 0 Å². The van der Waals surface area contributed by atoms with Crippen molar-refractivity contribution in [3.63, 3.8) is 0 Å². The van der Waals surface area contributed by atoms with Gasteiger partial charge in [0.15, 0.2) is 0 Å². The molecule has 1 aliphatic rings. The van der Waals surface area contributed by atoms with Crippen LogP contribution in [0.1, 0.15) is 47.0 Å². The Morgan fingerprint density at radius 3 is 2.10 bits per heavy atom. The average molecular weight is 140 g/mol. The molecule has 0 heterocycles. The standard InChI is InChI=1S/C10H20/c1-5-8(3)10(6-2)7-9(10)4/h8-9H,5-7H2,1-4H3. The van der Waals surface area contributed by atoms with Crippen LogP contribution in [0.25, 0.3) is 0 Å². The minimum atomic E-state index is 0.759. The third kappa shape index (κ3) is 0.980. The predicted molar refractivity (Wildman–Crippen MR) is 46.0 cm³/mol. The van der Waals surface area contributed by atoms with Crippen LogP contribution in [-0.4, -0.2) is 0 Å². The Bertz CT molecular complexity index is 113. The summed E-state index contributed by atoms with van der Waals surface area (Å²) in [4.78, 5) is 0. The van der Waals surface area contributed by atoms with Gasteiger partial charge in [0.05, 0.1) is 0 Å². The monoisotopic (exact) mass is 140 g/mol. The van der Waals surface area contributed by atoms with Crippen molar-refractivity contribution < 1.29 is 0 Å². The van der Waals surface area contributed by atoms with Crippen LogP contribution in [0.2, 0.25) is 0 Å². The van der Waals surface area contributed by atoms with E-state index in [1.165, 1.54) is 19.3 Å². The zero-order chi connectivity index (χ0) is 7.78. The fraction of sp³-hybridized carbons (Fsp3) is 1.00. The van der Waals surface area contributed by atoms with E-state index in [0.717, 1.165) is 17.3 Å². The number of rotatable bonds is 3. The quantitative estimate of drug-likeness (QED) is 0.563. The van der Waals surface area contributed by atoms with Gasteiger partial charge in [0.1, 0.15) is 0 Å². The van der Waals surface area contributed by atoms with Crippen molar-refractivity contribution in [3.05, 3.63) is 0 Å². The van der Waals surface area contributed by atoms with E-state index >= 15 is 0 Å². The van der Waals surface area contributed by atoms with Gasteiger partial charge >= 0.3 is 0 Å². The molecule has 10 heavy (non-hydrogen) atoms. The summed E-state index contributed by atoms with van der Waals surface area (Å²) in [5, 5.41) is 0. The molecule has 0 aromatic rings. The summed E-state index contributed by atoms with van der Waals surface area (Å²) < 4.78 is 0. The summed E-state index contributed by atoms with van der Waals surface area (Å²) in [6.07, 6.45) is 4.24. The van der Waals surface area contributed by atoms with Crippen LogP contribution in [-0.2, 0) is 0 Å². The molecule has 0 N–H and O–H groups in total. The fourth-order valence-corrected chi connectivity index (χ4v) is 2.45. The molecule has 1 aliphatic carbocycles. The van der Waals surface area contributed by atoms with Gasteiger partial charge in [0.25, 0.3) is 0 Å². The summed E-state index contributed by atoms with van der Waals surface area (Å²) in [6.45, 7) is 9.46. The van der Waals surface area contributed by atoms with Crippen molar-refractivity contribution in [2.24, 2.45) is 17.3 Å². The van der Waals surface area contributed by atoms with Crippen molar-refractivity contribution in [1.29, 1.82) is 0 Å². The smallest absolute Gasteiger partial charge is 0.0246 e. The van der Waals surface area contributed by atoms with Crippen molar-refractivity contribution >= 4 is 0 Å². The normalized spacial score (nSPS) is 41.4. The largest absolute Gasteiger partial charge is 0.0651 e. The molecule has 0 nitrogen and oxygen atoms in total. The van der Waals surface area contributed by atoms with E-state index in [-0.39, 0.29) is 0 Å². The molecule has 3 atom stereocenters. The van der Waals surface area contributed by atoms with Crippen molar-refractivity contribution in [1.82, 2.24) is 0 Å². The molecule has 0 bridgehead atoms. The van der Waals surface area contributed by atoms with Crippen LogP contribution in [0.5, 0.6) is 0 Å². The van der Waals surface area contributed by atoms with Crippen LogP contribution in [0.4, 0.5) is 0 Å². The lowest BCUT2D eigenvalue weighted by molar-refractivity contribution is 0.288. The third-order valence-corrected chi connectivity index (χ3v) is 3.76. The highest BCUT2D eigenvalue weighted by Gasteiger charge is 2.51. The molecule has 0 radical (unpaired) electrons. The maximum Gasteiger partial charge on any atom is -0.0246 e. The third-order valence-electron chi connectivity index (χ3n) is 3.76. The molecular weight excluding hydrogens is 120 g/mol. The first-order chi connectivity index (χ1) is 4.67. The molecule has 0 amide bonds. The molecule has 3 unspecified atom stereocenters. The van der Waals surface area contributed by atoms with E-state index in [4.69, 9.17) is 0 Å². The highest BCUT2D eigenvalue weighted by atomic mass is 14.6. The van der Waals surface area contributed by atoms with E-state index in [1.54, 1.807) is 0 Å². The molecule has 1 rings (SSSR count). The predicted octanol–water partition coefficient (Wildman–Crippen LogP) is 3.47. The highest BCUT2D eigenvalue weighted by molar-refractivity contribution is 5.01. The Morgan fingerprint density at radius 1 is 1.50 bits per heavy atom. The van der Waals surface area contributed by atoms with Gasteiger partial charge in [0.2, 0.25) is 0 Å². The maximum absolute atomic E-state index is 2.41. The minimum absolute atomic E-state index is 0.759.